The third kappa shape index (κ3) is 5.87. The first-order chi connectivity index (χ1) is 15.9. The highest BCUT2D eigenvalue weighted by atomic mass is 35.5. The van der Waals surface area contributed by atoms with Gasteiger partial charge in [-0.3, -0.25) is 4.90 Å². The third-order valence-electron chi connectivity index (χ3n) is 6.41. The number of nitrogens with two attached hydrogens (primary N) is 1. The molecule has 11 heteroatoms. The summed E-state index contributed by atoms with van der Waals surface area (Å²) in [6.45, 7) is 5.19. The zero-order chi connectivity index (χ0) is 23.4. The summed E-state index contributed by atoms with van der Waals surface area (Å²) in [5.41, 5.74) is 6.89. The molecule has 3 heterocycles. The number of H-pyrrole nitrogens is 1. The van der Waals surface area contributed by atoms with Crippen molar-refractivity contribution in [2.45, 2.75) is 44.6 Å². The van der Waals surface area contributed by atoms with Crippen LogP contribution in [0.2, 0.25) is 5.02 Å². The molecule has 2 aliphatic heterocycles. The van der Waals surface area contributed by atoms with Crippen LogP contribution in [0.15, 0.2) is 24.3 Å². The number of ether oxygens (including phenoxy) is 2. The molecule has 1 aromatic carbocycles. The molecule has 2 saturated heterocycles. The summed E-state index contributed by atoms with van der Waals surface area (Å²) in [4.78, 5) is 22.7. The number of benzene rings is 1. The molecule has 4 rings (SSSR count). The summed E-state index contributed by atoms with van der Waals surface area (Å²) < 4.78 is 11.6. The molecule has 3 N–H and O–H groups in total. The Morgan fingerprint density at radius 3 is 2.70 bits per heavy atom. The minimum Gasteiger partial charge on any atom is -0.418 e. The van der Waals surface area contributed by atoms with Crippen molar-refractivity contribution in [1.82, 2.24) is 25.0 Å². The number of carbonyl (C=O) groups is 1. The molecule has 0 aliphatic carbocycles. The molecule has 180 valence electrons. The largest absolute Gasteiger partial charge is 0.418 e. The number of amides is 1. The number of nitrogens with zero attached hydrogens (tertiary/aromatic N) is 5. The molecule has 10 nitrogen and oxygen atoms in total. The number of aromatic amines is 1. The van der Waals surface area contributed by atoms with E-state index >= 15 is 0 Å². The third-order valence-corrected chi connectivity index (χ3v) is 6.67. The van der Waals surface area contributed by atoms with Crippen LogP contribution >= 0.6 is 11.6 Å². The highest BCUT2D eigenvalue weighted by Crippen LogP contribution is 2.27. The zero-order valence-electron chi connectivity index (χ0n) is 19.1. The minimum absolute atomic E-state index is 0.181. The minimum atomic E-state index is -0.584. The Hall–Kier alpha value is -2.56. The number of rotatable bonds is 6. The summed E-state index contributed by atoms with van der Waals surface area (Å²) in [7, 11) is 1.72. The zero-order valence-corrected chi connectivity index (χ0v) is 19.9. The van der Waals surface area contributed by atoms with Gasteiger partial charge >= 0.3 is 6.09 Å². The second-order valence-corrected chi connectivity index (χ2v) is 9.02. The number of carbonyl (C=O) groups excluding carboxylic acids is 1. The van der Waals surface area contributed by atoms with Crippen molar-refractivity contribution < 1.29 is 14.3 Å². The van der Waals surface area contributed by atoms with Gasteiger partial charge in [0.1, 0.15) is 0 Å². The monoisotopic (exact) mass is 477 g/mol. The fraction of sp³-hybridized carbons (Fsp3) is 0.591. The first kappa shape index (κ1) is 23.6. The maximum absolute atomic E-state index is 12.3. The van der Waals surface area contributed by atoms with Crippen LogP contribution in [0.4, 0.5) is 16.7 Å². The van der Waals surface area contributed by atoms with Gasteiger partial charge in [-0.1, -0.05) is 23.7 Å². The molecule has 1 amide bonds. The predicted molar refractivity (Wildman–Crippen MR) is 126 cm³/mol. The van der Waals surface area contributed by atoms with Crippen molar-refractivity contribution in [3.63, 3.8) is 0 Å². The molecule has 2 fully saturated rings. The number of aromatic nitrogens is 3. The molecule has 0 unspecified atom stereocenters. The summed E-state index contributed by atoms with van der Waals surface area (Å²) in [6.07, 6.45) is 1.78. The Labute approximate surface area is 199 Å². The van der Waals surface area contributed by atoms with Gasteiger partial charge in [0.15, 0.2) is 0 Å². The molecule has 33 heavy (non-hydrogen) atoms. The molecule has 2 aromatic rings. The van der Waals surface area contributed by atoms with Crippen LogP contribution in [0.1, 0.15) is 25.3 Å². The number of morpholine rings is 1. The van der Waals surface area contributed by atoms with Crippen molar-refractivity contribution in [2.75, 3.05) is 50.5 Å². The van der Waals surface area contributed by atoms with E-state index in [1.807, 2.05) is 19.1 Å². The normalized spacial score (nSPS) is 22.3. The average Bonchev–Trinajstić information content (AvgIpc) is 3.27. The molecule has 0 saturated carbocycles. The first-order valence-corrected chi connectivity index (χ1v) is 11.8. The van der Waals surface area contributed by atoms with E-state index in [1.165, 1.54) is 10.5 Å². The van der Waals surface area contributed by atoms with Crippen LogP contribution < -0.4 is 10.6 Å². The summed E-state index contributed by atoms with van der Waals surface area (Å²) in [6, 6.07) is 8.46. The summed E-state index contributed by atoms with van der Waals surface area (Å²) in [5, 5.41) is 7.61. The van der Waals surface area contributed by atoms with Crippen LogP contribution in [-0.2, 0) is 15.9 Å². The Morgan fingerprint density at radius 1 is 1.33 bits per heavy atom. The van der Waals surface area contributed by atoms with E-state index in [1.54, 1.807) is 7.05 Å². The van der Waals surface area contributed by atoms with Gasteiger partial charge in [-0.2, -0.15) is 4.98 Å². The van der Waals surface area contributed by atoms with Gasteiger partial charge in [-0.15, -0.1) is 5.10 Å². The van der Waals surface area contributed by atoms with Gasteiger partial charge in [-0.25, -0.2) is 9.89 Å². The van der Waals surface area contributed by atoms with Gasteiger partial charge in [0.25, 0.3) is 0 Å². The fourth-order valence-electron chi connectivity index (χ4n) is 4.41. The van der Waals surface area contributed by atoms with E-state index in [0.717, 1.165) is 37.4 Å². The predicted octanol–water partition coefficient (Wildman–Crippen LogP) is 2.37. The van der Waals surface area contributed by atoms with E-state index in [2.05, 4.69) is 37.1 Å². The molecular weight excluding hydrogens is 446 g/mol. The van der Waals surface area contributed by atoms with E-state index < -0.39 is 6.29 Å². The molecule has 0 bridgehead atoms. The number of piperidine rings is 1. The molecule has 0 spiro atoms. The van der Waals surface area contributed by atoms with Crippen LogP contribution in [0.25, 0.3) is 0 Å². The Bertz CT molecular complexity index is 917. The lowest BCUT2D eigenvalue weighted by atomic mass is 9.97. The van der Waals surface area contributed by atoms with Crippen molar-refractivity contribution >= 4 is 29.6 Å². The van der Waals surface area contributed by atoms with Crippen molar-refractivity contribution in [3.05, 3.63) is 34.9 Å². The number of hydrogen-bond donors (Lipinski definition) is 2. The lowest BCUT2D eigenvalue weighted by Crippen LogP contribution is -2.58. The highest BCUT2D eigenvalue weighted by molar-refractivity contribution is 6.30. The van der Waals surface area contributed by atoms with Crippen LogP contribution in [0, 0.1) is 0 Å². The van der Waals surface area contributed by atoms with E-state index in [-0.39, 0.29) is 12.1 Å². The standard InChI is InChI=1S/C22H32ClN7O3/c1-3-28(2)22(31)33-19-13-30(18(14-32-19)12-15-4-6-16(23)7-5-15)17-8-10-29(11-9-17)21-25-20(24)26-27-21/h4-7,17-19H,3,8-14H2,1-2H3,(H3,24,25,26,27)/t18-,19+/m0/s1. The second kappa shape index (κ2) is 10.6. The summed E-state index contributed by atoms with van der Waals surface area (Å²) in [5.74, 6) is 0.963. The van der Waals surface area contributed by atoms with Crippen molar-refractivity contribution in [2.24, 2.45) is 0 Å². The van der Waals surface area contributed by atoms with Crippen LogP contribution in [0.5, 0.6) is 0 Å². The fourth-order valence-corrected chi connectivity index (χ4v) is 4.54. The second-order valence-electron chi connectivity index (χ2n) is 8.58. The van der Waals surface area contributed by atoms with Crippen LogP contribution in [-0.4, -0.2) is 89.3 Å². The van der Waals surface area contributed by atoms with Crippen molar-refractivity contribution in [3.8, 4) is 0 Å². The van der Waals surface area contributed by atoms with Crippen LogP contribution in [0.3, 0.4) is 0 Å². The van der Waals surface area contributed by atoms with Gasteiger partial charge < -0.3 is 25.0 Å². The average molecular weight is 478 g/mol. The van der Waals surface area contributed by atoms with Gasteiger partial charge in [0.2, 0.25) is 18.2 Å². The lowest BCUT2D eigenvalue weighted by molar-refractivity contribution is -0.178. The molecule has 1 aromatic heterocycles. The van der Waals surface area contributed by atoms with E-state index in [0.29, 0.717) is 37.6 Å². The molecule has 0 radical (unpaired) electrons. The van der Waals surface area contributed by atoms with Gasteiger partial charge in [-0.05, 0) is 43.9 Å². The number of anilines is 2. The van der Waals surface area contributed by atoms with E-state index in [4.69, 9.17) is 26.8 Å². The molecule has 2 atom stereocenters. The number of nitrogen functional groups attached to an aromatic ring is 1. The number of nitrogens with one attached hydrogen (secondary N) is 1. The smallest absolute Gasteiger partial charge is 0.411 e. The number of hydrogen-bond acceptors (Lipinski definition) is 8. The van der Waals surface area contributed by atoms with E-state index in [9.17, 15) is 4.79 Å². The Balaban J connectivity index is 1.43. The Morgan fingerprint density at radius 2 is 2.06 bits per heavy atom. The highest BCUT2D eigenvalue weighted by Gasteiger charge is 2.37. The maximum Gasteiger partial charge on any atom is 0.411 e. The molecular formula is C22H32ClN7O3. The van der Waals surface area contributed by atoms with Crippen molar-refractivity contribution in [1.29, 1.82) is 0 Å². The van der Waals surface area contributed by atoms with Gasteiger partial charge in [0, 0.05) is 43.8 Å². The summed E-state index contributed by atoms with van der Waals surface area (Å²) >= 11 is 6.06. The first-order valence-electron chi connectivity index (χ1n) is 11.4. The number of halogens is 1. The molecule has 2 aliphatic rings. The SMILES string of the molecule is CCN(C)C(=O)O[C@@H]1CN(C2CCN(c3n[nH]c(N)n3)CC2)[C@@H](Cc2ccc(Cl)cc2)CO1. The quantitative estimate of drug-likeness (QED) is 0.652. The maximum atomic E-state index is 12.3. The van der Waals surface area contributed by atoms with Gasteiger partial charge in [0.05, 0.1) is 13.2 Å². The Kier molecular flexibility index (Phi) is 7.56. The topological polar surface area (TPSA) is 113 Å². The lowest BCUT2D eigenvalue weighted by Gasteiger charge is -2.46.